The maximum atomic E-state index is 11.2. The van der Waals surface area contributed by atoms with Crippen LogP contribution in [0.25, 0.3) is 0 Å². The fraction of sp³-hybridized carbons (Fsp3) is 0.750. The van der Waals surface area contributed by atoms with Crippen LogP contribution in [0.15, 0.2) is 12.7 Å². The van der Waals surface area contributed by atoms with E-state index in [0.29, 0.717) is 6.42 Å². The Bertz CT molecular complexity index is 164. The Morgan fingerprint density at radius 3 is 2.57 bits per heavy atom. The zero-order valence-electron chi connectivity index (χ0n) is 9.42. The van der Waals surface area contributed by atoms with Gasteiger partial charge in [-0.2, -0.15) is 0 Å². The lowest BCUT2D eigenvalue weighted by molar-refractivity contribution is -0.147. The molecular weight excluding hydrogens is 176 g/mol. The average Bonchev–Trinajstić information content (AvgIpc) is 2.17. The van der Waals surface area contributed by atoms with E-state index in [9.17, 15) is 4.79 Å². The number of unbranched alkanes of at least 4 members (excludes halogenated alkanes) is 2. The van der Waals surface area contributed by atoms with Crippen molar-refractivity contribution < 1.29 is 9.53 Å². The summed E-state index contributed by atoms with van der Waals surface area (Å²) in [6, 6.07) is 0. The second-order valence-electron chi connectivity index (χ2n) is 3.51. The van der Waals surface area contributed by atoms with E-state index in [1.165, 1.54) is 12.8 Å². The Morgan fingerprint density at radius 1 is 1.36 bits per heavy atom. The van der Waals surface area contributed by atoms with Crippen molar-refractivity contribution in [3.05, 3.63) is 12.7 Å². The average molecular weight is 198 g/mol. The lowest BCUT2D eigenvalue weighted by Gasteiger charge is -2.13. The minimum Gasteiger partial charge on any atom is -0.458 e. The van der Waals surface area contributed by atoms with Gasteiger partial charge in [-0.1, -0.05) is 39.3 Å². The van der Waals surface area contributed by atoms with E-state index in [1.807, 2.05) is 6.92 Å². The number of ether oxygens (including phenoxy) is 1. The van der Waals surface area contributed by atoms with Crippen LogP contribution in [0.2, 0.25) is 0 Å². The number of carbonyl (C=O) groups excluding carboxylic acids is 1. The fourth-order valence-corrected chi connectivity index (χ4v) is 1.25. The molecule has 82 valence electrons. The lowest BCUT2D eigenvalue weighted by atomic mass is 10.1. The third-order valence-corrected chi connectivity index (χ3v) is 2.09. The van der Waals surface area contributed by atoms with Crippen LogP contribution in [0.5, 0.6) is 0 Å². The predicted octanol–water partition coefficient (Wildman–Crippen LogP) is 3.46. The third-order valence-electron chi connectivity index (χ3n) is 2.09. The SMILES string of the molecule is C=C[C@H](CCCCC)OC(=O)CCC. The fourth-order valence-electron chi connectivity index (χ4n) is 1.25. The highest BCUT2D eigenvalue weighted by molar-refractivity contribution is 5.69. The van der Waals surface area contributed by atoms with Crippen molar-refractivity contribution in [2.24, 2.45) is 0 Å². The van der Waals surface area contributed by atoms with Gasteiger partial charge in [-0.05, 0) is 19.3 Å². The van der Waals surface area contributed by atoms with Gasteiger partial charge in [-0.25, -0.2) is 0 Å². The van der Waals surface area contributed by atoms with Crippen LogP contribution in [0.3, 0.4) is 0 Å². The van der Waals surface area contributed by atoms with E-state index in [4.69, 9.17) is 4.74 Å². The maximum absolute atomic E-state index is 11.2. The molecule has 0 radical (unpaired) electrons. The van der Waals surface area contributed by atoms with E-state index < -0.39 is 0 Å². The minimum atomic E-state index is -0.103. The molecule has 0 rings (SSSR count). The first-order chi connectivity index (χ1) is 6.74. The van der Waals surface area contributed by atoms with Gasteiger partial charge >= 0.3 is 5.97 Å². The first kappa shape index (κ1) is 13.2. The van der Waals surface area contributed by atoms with Crippen LogP contribution < -0.4 is 0 Å². The van der Waals surface area contributed by atoms with Gasteiger partial charge in [0.2, 0.25) is 0 Å². The number of hydrogen-bond acceptors (Lipinski definition) is 2. The molecule has 0 aliphatic heterocycles. The van der Waals surface area contributed by atoms with Crippen molar-refractivity contribution in [3.63, 3.8) is 0 Å². The first-order valence-corrected chi connectivity index (χ1v) is 5.56. The summed E-state index contributed by atoms with van der Waals surface area (Å²) in [6.07, 6.45) is 7.39. The second-order valence-corrected chi connectivity index (χ2v) is 3.51. The quantitative estimate of drug-likeness (QED) is 0.339. The van der Waals surface area contributed by atoms with Crippen LogP contribution in [0.4, 0.5) is 0 Å². The smallest absolute Gasteiger partial charge is 0.306 e. The molecule has 0 aliphatic rings. The van der Waals surface area contributed by atoms with E-state index >= 15 is 0 Å². The summed E-state index contributed by atoms with van der Waals surface area (Å²) in [7, 11) is 0. The number of rotatable bonds is 8. The van der Waals surface area contributed by atoms with Crippen molar-refractivity contribution in [3.8, 4) is 0 Å². The van der Waals surface area contributed by atoms with Gasteiger partial charge in [0.1, 0.15) is 6.10 Å². The van der Waals surface area contributed by atoms with Crippen LogP contribution in [-0.2, 0) is 9.53 Å². The van der Waals surface area contributed by atoms with Crippen LogP contribution in [-0.4, -0.2) is 12.1 Å². The first-order valence-electron chi connectivity index (χ1n) is 5.56. The van der Waals surface area contributed by atoms with Crippen molar-refractivity contribution in [1.82, 2.24) is 0 Å². The summed E-state index contributed by atoms with van der Waals surface area (Å²) >= 11 is 0. The standard InChI is InChI=1S/C12H22O2/c1-4-7-8-10-11(6-3)14-12(13)9-5-2/h6,11H,3-5,7-10H2,1-2H3/t11-/m1/s1. The Labute approximate surface area is 87.3 Å². The minimum absolute atomic E-state index is 0.0828. The number of hydrogen-bond donors (Lipinski definition) is 0. The summed E-state index contributed by atoms with van der Waals surface area (Å²) in [5.74, 6) is -0.103. The molecule has 0 aromatic carbocycles. The van der Waals surface area contributed by atoms with Crippen molar-refractivity contribution in [2.45, 2.75) is 58.5 Å². The Balaban J connectivity index is 3.67. The summed E-state index contributed by atoms with van der Waals surface area (Å²) in [4.78, 5) is 11.2. The second kappa shape index (κ2) is 8.79. The van der Waals surface area contributed by atoms with Crippen LogP contribution in [0.1, 0.15) is 52.4 Å². The van der Waals surface area contributed by atoms with Crippen molar-refractivity contribution >= 4 is 5.97 Å². The van der Waals surface area contributed by atoms with Gasteiger partial charge in [-0.15, -0.1) is 0 Å². The highest BCUT2D eigenvalue weighted by Gasteiger charge is 2.09. The van der Waals surface area contributed by atoms with Crippen molar-refractivity contribution in [1.29, 1.82) is 0 Å². The molecule has 0 N–H and O–H groups in total. The summed E-state index contributed by atoms with van der Waals surface area (Å²) in [5, 5.41) is 0. The van der Waals surface area contributed by atoms with E-state index in [-0.39, 0.29) is 12.1 Å². The molecule has 14 heavy (non-hydrogen) atoms. The topological polar surface area (TPSA) is 26.3 Å². The maximum Gasteiger partial charge on any atom is 0.306 e. The molecule has 1 atom stereocenters. The molecule has 0 amide bonds. The van der Waals surface area contributed by atoms with Gasteiger partial charge in [0, 0.05) is 6.42 Å². The van der Waals surface area contributed by atoms with Crippen molar-refractivity contribution in [2.75, 3.05) is 0 Å². The highest BCUT2D eigenvalue weighted by Crippen LogP contribution is 2.09. The predicted molar refractivity (Wildman–Crippen MR) is 59.1 cm³/mol. The van der Waals surface area contributed by atoms with Gasteiger partial charge in [0.25, 0.3) is 0 Å². The molecule has 0 aliphatic carbocycles. The zero-order valence-corrected chi connectivity index (χ0v) is 9.42. The van der Waals surface area contributed by atoms with Gasteiger partial charge in [0.05, 0.1) is 0 Å². The van der Waals surface area contributed by atoms with E-state index in [1.54, 1.807) is 6.08 Å². The number of carbonyl (C=O) groups is 1. The molecule has 0 spiro atoms. The molecule has 2 nitrogen and oxygen atoms in total. The highest BCUT2D eigenvalue weighted by atomic mass is 16.5. The van der Waals surface area contributed by atoms with E-state index in [2.05, 4.69) is 13.5 Å². The molecule has 0 bridgehead atoms. The van der Waals surface area contributed by atoms with Gasteiger partial charge < -0.3 is 4.74 Å². The summed E-state index contributed by atoms with van der Waals surface area (Å²) in [5.41, 5.74) is 0. The molecule has 0 heterocycles. The number of esters is 1. The molecular formula is C12H22O2. The molecule has 0 aromatic heterocycles. The molecule has 0 aromatic rings. The third kappa shape index (κ3) is 6.70. The normalized spacial score (nSPS) is 12.1. The summed E-state index contributed by atoms with van der Waals surface area (Å²) < 4.78 is 5.23. The lowest BCUT2D eigenvalue weighted by Crippen LogP contribution is -2.15. The Hall–Kier alpha value is -0.790. The van der Waals surface area contributed by atoms with Gasteiger partial charge in [-0.3, -0.25) is 4.79 Å². The zero-order chi connectivity index (χ0) is 10.8. The van der Waals surface area contributed by atoms with E-state index in [0.717, 1.165) is 19.3 Å². The Morgan fingerprint density at radius 2 is 2.07 bits per heavy atom. The van der Waals surface area contributed by atoms with Crippen LogP contribution in [0, 0.1) is 0 Å². The monoisotopic (exact) mass is 198 g/mol. The van der Waals surface area contributed by atoms with Gasteiger partial charge in [0.15, 0.2) is 0 Å². The molecule has 2 heteroatoms. The molecule has 0 saturated heterocycles. The molecule has 0 unspecified atom stereocenters. The van der Waals surface area contributed by atoms with Crippen LogP contribution >= 0.6 is 0 Å². The summed E-state index contributed by atoms with van der Waals surface area (Å²) in [6.45, 7) is 7.81. The molecule has 0 saturated carbocycles. The molecule has 0 fully saturated rings. The Kier molecular flexibility index (Phi) is 8.30. The largest absolute Gasteiger partial charge is 0.458 e.